The monoisotopic (exact) mass is 246 g/mol. The molecule has 0 bridgehead atoms. The molecular weight excluding hydrogens is 228 g/mol. The molecule has 0 aromatic heterocycles. The largest absolute Gasteiger partial charge is 0.367 e. The Balaban J connectivity index is 1.94. The number of fused-ring (bicyclic) bond motifs is 1. The molecule has 0 aliphatic heterocycles. The Bertz CT molecular complexity index is 156. The van der Waals surface area contributed by atoms with E-state index in [2.05, 4.69) is 15.9 Å². The summed E-state index contributed by atoms with van der Waals surface area (Å²) >= 11 is 3.38. The third-order valence-electron chi connectivity index (χ3n) is 3.79. The van der Waals surface area contributed by atoms with E-state index in [-0.39, 0.29) is 0 Å². The smallest absolute Gasteiger partial charge is 0.102 e. The van der Waals surface area contributed by atoms with Gasteiger partial charge in [-0.1, -0.05) is 41.6 Å². The number of hydrogen-bond donors (Lipinski definition) is 0. The van der Waals surface area contributed by atoms with Gasteiger partial charge in [-0.15, -0.1) is 0 Å². The minimum absolute atomic E-state index is 0.568. The van der Waals surface area contributed by atoms with Gasteiger partial charge in [0.05, 0.1) is 6.10 Å². The molecule has 2 heteroatoms. The highest BCUT2D eigenvalue weighted by atomic mass is 79.9. The second kappa shape index (κ2) is 4.79. The molecule has 0 spiro atoms. The van der Waals surface area contributed by atoms with Crippen LogP contribution in [0.25, 0.3) is 0 Å². The van der Waals surface area contributed by atoms with Crippen molar-refractivity contribution in [3.63, 3.8) is 0 Å². The van der Waals surface area contributed by atoms with Crippen LogP contribution in [0.3, 0.4) is 0 Å². The molecule has 2 aliphatic carbocycles. The van der Waals surface area contributed by atoms with Gasteiger partial charge in [0, 0.05) is 0 Å². The lowest BCUT2D eigenvalue weighted by Gasteiger charge is -2.40. The van der Waals surface area contributed by atoms with Crippen LogP contribution in [0, 0.1) is 11.8 Å². The van der Waals surface area contributed by atoms with Gasteiger partial charge >= 0.3 is 0 Å². The fourth-order valence-electron chi connectivity index (χ4n) is 3.17. The maximum absolute atomic E-state index is 5.77. The molecule has 76 valence electrons. The van der Waals surface area contributed by atoms with Crippen molar-refractivity contribution in [1.82, 2.24) is 0 Å². The SMILES string of the molecule is BrCOC1CCCC2CCCCC21. The average molecular weight is 247 g/mol. The Morgan fingerprint density at radius 3 is 2.62 bits per heavy atom. The summed E-state index contributed by atoms with van der Waals surface area (Å²) in [6, 6.07) is 0. The summed E-state index contributed by atoms with van der Waals surface area (Å²) in [6.07, 6.45) is 10.5. The summed E-state index contributed by atoms with van der Waals surface area (Å²) in [5.41, 5.74) is 0.723. The van der Waals surface area contributed by atoms with Crippen LogP contribution in [0.15, 0.2) is 0 Å². The molecule has 0 aromatic rings. The molecule has 0 aromatic carbocycles. The lowest BCUT2D eigenvalue weighted by molar-refractivity contribution is -0.0262. The molecule has 2 aliphatic rings. The molecule has 0 amide bonds. The van der Waals surface area contributed by atoms with Gasteiger partial charge in [-0.25, -0.2) is 0 Å². The van der Waals surface area contributed by atoms with E-state index >= 15 is 0 Å². The molecule has 2 saturated carbocycles. The predicted octanol–water partition coefficient (Wildman–Crippen LogP) is 3.71. The minimum atomic E-state index is 0.568. The lowest BCUT2D eigenvalue weighted by Crippen LogP contribution is -2.36. The maximum atomic E-state index is 5.77. The number of ether oxygens (including phenoxy) is 1. The molecule has 3 atom stereocenters. The van der Waals surface area contributed by atoms with Crippen LogP contribution in [0.2, 0.25) is 0 Å². The van der Waals surface area contributed by atoms with Crippen LogP contribution in [0.1, 0.15) is 44.9 Å². The van der Waals surface area contributed by atoms with Crippen LogP contribution in [-0.2, 0) is 4.74 Å². The van der Waals surface area contributed by atoms with E-state index in [0.717, 1.165) is 17.4 Å². The van der Waals surface area contributed by atoms with Crippen molar-refractivity contribution in [2.24, 2.45) is 11.8 Å². The summed E-state index contributed by atoms with van der Waals surface area (Å²) in [5.74, 6) is 1.88. The van der Waals surface area contributed by atoms with Crippen LogP contribution in [0.5, 0.6) is 0 Å². The standard InChI is InChI=1S/C11H19BrO/c12-8-13-11-7-3-5-9-4-1-2-6-10(9)11/h9-11H,1-8H2. The summed E-state index contributed by atoms with van der Waals surface area (Å²) in [6.45, 7) is 0. The van der Waals surface area contributed by atoms with Gasteiger partial charge in [-0.3, -0.25) is 0 Å². The molecule has 3 unspecified atom stereocenters. The summed E-state index contributed by atoms with van der Waals surface area (Å²) in [4.78, 5) is 0. The highest BCUT2D eigenvalue weighted by molar-refractivity contribution is 9.09. The molecule has 0 heterocycles. The minimum Gasteiger partial charge on any atom is -0.367 e. The zero-order valence-electron chi connectivity index (χ0n) is 8.18. The molecule has 0 radical (unpaired) electrons. The summed E-state index contributed by atoms with van der Waals surface area (Å²) in [5, 5.41) is 0. The van der Waals surface area contributed by atoms with Crippen LogP contribution in [0.4, 0.5) is 0 Å². The highest BCUT2D eigenvalue weighted by Gasteiger charge is 2.34. The van der Waals surface area contributed by atoms with Gasteiger partial charge in [0.2, 0.25) is 0 Å². The molecule has 1 nitrogen and oxygen atoms in total. The molecule has 2 fully saturated rings. The predicted molar refractivity (Wildman–Crippen MR) is 58.0 cm³/mol. The second-order valence-electron chi connectivity index (χ2n) is 4.45. The van der Waals surface area contributed by atoms with Crippen molar-refractivity contribution in [2.45, 2.75) is 51.0 Å². The normalized spacial score (nSPS) is 39.9. The van der Waals surface area contributed by atoms with Crippen molar-refractivity contribution >= 4 is 15.9 Å². The molecule has 0 N–H and O–H groups in total. The van der Waals surface area contributed by atoms with E-state index < -0.39 is 0 Å². The Morgan fingerprint density at radius 2 is 1.77 bits per heavy atom. The van der Waals surface area contributed by atoms with Crippen molar-refractivity contribution < 1.29 is 4.74 Å². The van der Waals surface area contributed by atoms with E-state index in [1.807, 2.05) is 0 Å². The quantitative estimate of drug-likeness (QED) is 0.676. The van der Waals surface area contributed by atoms with Gasteiger partial charge < -0.3 is 4.74 Å². The van der Waals surface area contributed by atoms with Gasteiger partial charge in [0.25, 0.3) is 0 Å². The topological polar surface area (TPSA) is 9.23 Å². The summed E-state index contributed by atoms with van der Waals surface area (Å²) < 4.78 is 5.77. The van der Waals surface area contributed by atoms with E-state index in [9.17, 15) is 0 Å². The first-order chi connectivity index (χ1) is 6.42. The third-order valence-corrected chi connectivity index (χ3v) is 4.05. The number of hydrogen-bond acceptors (Lipinski definition) is 1. The molecular formula is C11H19BrO. The first-order valence-electron chi connectivity index (χ1n) is 5.59. The fraction of sp³-hybridized carbons (Fsp3) is 1.00. The van der Waals surface area contributed by atoms with Crippen molar-refractivity contribution in [3.05, 3.63) is 0 Å². The summed E-state index contributed by atoms with van der Waals surface area (Å²) in [7, 11) is 0. The lowest BCUT2D eigenvalue weighted by atomic mass is 9.69. The Labute approximate surface area is 89.4 Å². The van der Waals surface area contributed by atoms with E-state index in [1.54, 1.807) is 0 Å². The van der Waals surface area contributed by atoms with Crippen LogP contribution >= 0.6 is 15.9 Å². The van der Waals surface area contributed by atoms with E-state index in [0.29, 0.717) is 6.10 Å². The maximum Gasteiger partial charge on any atom is 0.102 e. The van der Waals surface area contributed by atoms with Gasteiger partial charge in [-0.05, 0) is 31.1 Å². The number of halogens is 1. The Kier molecular flexibility index (Phi) is 3.67. The third kappa shape index (κ3) is 2.27. The number of rotatable bonds is 2. The van der Waals surface area contributed by atoms with Crippen molar-refractivity contribution in [1.29, 1.82) is 0 Å². The second-order valence-corrected chi connectivity index (χ2v) is 4.91. The van der Waals surface area contributed by atoms with Crippen LogP contribution in [-0.4, -0.2) is 11.6 Å². The van der Waals surface area contributed by atoms with E-state index in [1.165, 1.54) is 44.9 Å². The van der Waals surface area contributed by atoms with Crippen LogP contribution < -0.4 is 0 Å². The highest BCUT2D eigenvalue weighted by Crippen LogP contribution is 2.41. The number of alkyl halides is 1. The first kappa shape index (κ1) is 9.97. The van der Waals surface area contributed by atoms with Crippen molar-refractivity contribution in [2.75, 3.05) is 5.52 Å². The van der Waals surface area contributed by atoms with Gasteiger partial charge in [0.15, 0.2) is 0 Å². The molecule has 13 heavy (non-hydrogen) atoms. The zero-order valence-corrected chi connectivity index (χ0v) is 9.76. The molecule has 0 saturated heterocycles. The average Bonchev–Trinajstić information content (AvgIpc) is 2.19. The Morgan fingerprint density at radius 1 is 1.00 bits per heavy atom. The fourth-order valence-corrected chi connectivity index (χ4v) is 3.51. The van der Waals surface area contributed by atoms with Gasteiger partial charge in [-0.2, -0.15) is 0 Å². The van der Waals surface area contributed by atoms with Crippen molar-refractivity contribution in [3.8, 4) is 0 Å². The molecule has 2 rings (SSSR count). The first-order valence-corrected chi connectivity index (χ1v) is 6.71. The zero-order chi connectivity index (χ0) is 9.10. The van der Waals surface area contributed by atoms with E-state index in [4.69, 9.17) is 4.74 Å². The Hall–Kier alpha value is 0.440. The van der Waals surface area contributed by atoms with Gasteiger partial charge in [0.1, 0.15) is 5.52 Å².